The smallest absolute Gasteiger partial charge is 0.408 e. The summed E-state index contributed by atoms with van der Waals surface area (Å²) >= 11 is 0. The fourth-order valence-corrected chi connectivity index (χ4v) is 4.50. The molecule has 4 N–H and O–H groups in total. The highest BCUT2D eigenvalue weighted by Crippen LogP contribution is 2.25. The Kier molecular flexibility index (Phi) is 9.57. The second-order valence-electron chi connectivity index (χ2n) is 9.90. The predicted molar refractivity (Wildman–Crippen MR) is 155 cm³/mol. The molecular weight excluding hydrogens is 522 g/mol. The van der Waals surface area contributed by atoms with Crippen LogP contribution in [0.5, 0.6) is 0 Å². The first-order valence-corrected chi connectivity index (χ1v) is 13.5. The number of alkyl carbamates (subject to hydrolysis) is 1. The summed E-state index contributed by atoms with van der Waals surface area (Å²) in [6.07, 6.45) is 5.17. The van der Waals surface area contributed by atoms with Crippen molar-refractivity contribution >= 4 is 29.7 Å². The number of hydrogen-bond donors (Lipinski definition) is 4. The van der Waals surface area contributed by atoms with Crippen LogP contribution in [0.2, 0.25) is 0 Å². The molecule has 1 aliphatic rings. The third kappa shape index (κ3) is 7.84. The normalized spacial score (nSPS) is 13.4. The lowest BCUT2D eigenvalue weighted by Gasteiger charge is -2.27. The number of carbonyl (C=O) groups excluding carboxylic acids is 2. The largest absolute Gasteiger partial charge is 0.480 e. The van der Waals surface area contributed by atoms with Crippen LogP contribution in [0.4, 0.5) is 4.79 Å². The molecule has 1 unspecified atom stereocenters. The molecule has 2 amide bonds. The minimum atomic E-state index is -1.22. The number of allylic oxidation sites excluding steroid dienone is 1. The molecule has 0 saturated carbocycles. The summed E-state index contributed by atoms with van der Waals surface area (Å²) < 4.78 is 5.13. The molecule has 1 heterocycles. The van der Waals surface area contributed by atoms with Crippen molar-refractivity contribution in [3.63, 3.8) is 0 Å². The number of imidazole rings is 1. The highest BCUT2D eigenvalue weighted by atomic mass is 16.5. The van der Waals surface area contributed by atoms with Crippen LogP contribution in [0.3, 0.4) is 0 Å². The van der Waals surface area contributed by atoms with E-state index in [4.69, 9.17) is 4.74 Å². The Bertz CT molecular complexity index is 1410. The summed E-state index contributed by atoms with van der Waals surface area (Å²) in [7, 11) is 0. The molecule has 2 atom stereocenters. The van der Waals surface area contributed by atoms with Gasteiger partial charge in [-0.2, -0.15) is 0 Å². The number of nitrogens with zero attached hydrogens (tertiary/aromatic N) is 2. The van der Waals surface area contributed by atoms with Gasteiger partial charge in [-0.15, -0.1) is 0 Å². The van der Waals surface area contributed by atoms with Crippen LogP contribution in [-0.4, -0.2) is 50.5 Å². The number of aryl methyl sites for hydroxylation is 1. The SMILES string of the molecule is C=C(NC[C@H](NC(=O)OCc1ccccc1)C(=O)O)c1ccc(CN(C(C)=O)C(C)c2nc3c([nH]2)CCC=C3)cc1. The fourth-order valence-electron chi connectivity index (χ4n) is 4.50. The monoisotopic (exact) mass is 557 g/mol. The average molecular weight is 558 g/mol. The van der Waals surface area contributed by atoms with Gasteiger partial charge in [0.1, 0.15) is 18.5 Å². The topological polar surface area (TPSA) is 137 Å². The number of aliphatic carboxylic acids is 1. The van der Waals surface area contributed by atoms with E-state index in [9.17, 15) is 19.5 Å². The standard InChI is InChI=1S/C31H35N5O5/c1-20(32-17-28(30(38)39)35-31(40)41-19-24-9-5-4-6-10-24)25-15-13-23(14-16-25)18-36(22(3)37)21(2)29-33-26-11-7-8-12-27(26)34-29/h4-7,9-11,13-16,21,28,32H,1,8,12,17-19H2,2-3H3,(H,33,34)(H,35,40)(H,38,39)/t21?,28-/m0/s1. The number of amides is 2. The van der Waals surface area contributed by atoms with E-state index in [1.54, 1.807) is 24.0 Å². The van der Waals surface area contributed by atoms with E-state index in [0.29, 0.717) is 12.2 Å². The lowest BCUT2D eigenvalue weighted by atomic mass is 10.1. The molecule has 1 aromatic heterocycles. The first-order chi connectivity index (χ1) is 19.7. The van der Waals surface area contributed by atoms with Crippen LogP contribution in [0.25, 0.3) is 11.8 Å². The molecule has 0 aliphatic heterocycles. The molecule has 10 nitrogen and oxygen atoms in total. The summed E-state index contributed by atoms with van der Waals surface area (Å²) in [5.74, 6) is -0.507. The fraction of sp³-hybridized carbons (Fsp3) is 0.290. The Morgan fingerprint density at radius 1 is 1.12 bits per heavy atom. The van der Waals surface area contributed by atoms with E-state index in [1.165, 1.54) is 0 Å². The van der Waals surface area contributed by atoms with Crippen LogP contribution in [0.15, 0.2) is 67.3 Å². The molecule has 0 bridgehead atoms. The molecule has 0 spiro atoms. The number of carbonyl (C=O) groups is 3. The van der Waals surface area contributed by atoms with E-state index in [0.717, 1.165) is 46.7 Å². The first-order valence-electron chi connectivity index (χ1n) is 13.5. The molecule has 4 rings (SSSR count). The number of carboxylic acid groups (broad SMARTS) is 1. The van der Waals surface area contributed by atoms with Gasteiger partial charge in [-0.05, 0) is 42.5 Å². The highest BCUT2D eigenvalue weighted by molar-refractivity contribution is 5.80. The minimum absolute atomic E-state index is 0.0340. The number of nitrogens with one attached hydrogen (secondary N) is 3. The van der Waals surface area contributed by atoms with Gasteiger partial charge in [0.2, 0.25) is 5.91 Å². The van der Waals surface area contributed by atoms with E-state index < -0.39 is 18.1 Å². The number of carboxylic acids is 1. The third-order valence-electron chi connectivity index (χ3n) is 6.91. The Balaban J connectivity index is 1.31. The van der Waals surface area contributed by atoms with Crippen LogP contribution in [0, 0.1) is 0 Å². The van der Waals surface area contributed by atoms with Gasteiger partial charge < -0.3 is 30.4 Å². The van der Waals surface area contributed by atoms with Crippen molar-refractivity contribution in [3.05, 3.63) is 101 Å². The maximum Gasteiger partial charge on any atom is 0.408 e. The average Bonchev–Trinajstić information content (AvgIpc) is 3.41. The number of rotatable bonds is 12. The maximum absolute atomic E-state index is 12.5. The molecule has 10 heteroatoms. The van der Waals surface area contributed by atoms with E-state index in [-0.39, 0.29) is 25.1 Å². The van der Waals surface area contributed by atoms with Crippen molar-refractivity contribution in [1.29, 1.82) is 0 Å². The van der Waals surface area contributed by atoms with Crippen molar-refractivity contribution in [2.45, 2.75) is 51.9 Å². The van der Waals surface area contributed by atoms with Crippen LogP contribution in [0.1, 0.15) is 60.2 Å². The number of ether oxygens (including phenoxy) is 1. The molecule has 214 valence electrons. The number of benzene rings is 2. The minimum Gasteiger partial charge on any atom is -0.480 e. The van der Waals surface area contributed by atoms with Crippen molar-refractivity contribution in [1.82, 2.24) is 25.5 Å². The maximum atomic E-state index is 12.5. The summed E-state index contributed by atoms with van der Waals surface area (Å²) in [5.41, 5.74) is 4.98. The zero-order valence-electron chi connectivity index (χ0n) is 23.2. The Morgan fingerprint density at radius 2 is 1.85 bits per heavy atom. The molecule has 3 aromatic rings. The number of fused-ring (bicyclic) bond motifs is 1. The lowest BCUT2D eigenvalue weighted by molar-refractivity contribution is -0.139. The van der Waals surface area contributed by atoms with Gasteiger partial charge in [0.05, 0.1) is 11.7 Å². The van der Waals surface area contributed by atoms with E-state index in [2.05, 4.69) is 33.3 Å². The first kappa shape index (κ1) is 29.1. The molecule has 0 radical (unpaired) electrons. The van der Waals surface area contributed by atoms with Crippen LogP contribution in [-0.2, 0) is 33.9 Å². The van der Waals surface area contributed by atoms with Crippen LogP contribution < -0.4 is 10.6 Å². The zero-order valence-corrected chi connectivity index (χ0v) is 23.2. The van der Waals surface area contributed by atoms with Gasteiger partial charge in [-0.25, -0.2) is 14.6 Å². The van der Waals surface area contributed by atoms with Crippen molar-refractivity contribution in [2.24, 2.45) is 0 Å². The third-order valence-corrected chi connectivity index (χ3v) is 6.91. The van der Waals surface area contributed by atoms with Gasteiger partial charge in [0, 0.05) is 31.4 Å². The van der Waals surface area contributed by atoms with Crippen LogP contribution >= 0.6 is 0 Å². The Morgan fingerprint density at radius 3 is 2.51 bits per heavy atom. The summed E-state index contributed by atoms with van der Waals surface area (Å²) in [4.78, 5) is 46.2. The van der Waals surface area contributed by atoms with Gasteiger partial charge in [0.15, 0.2) is 0 Å². The van der Waals surface area contributed by atoms with Gasteiger partial charge in [-0.1, -0.05) is 67.3 Å². The second-order valence-corrected chi connectivity index (χ2v) is 9.90. The van der Waals surface area contributed by atoms with Crippen molar-refractivity contribution < 1.29 is 24.2 Å². The second kappa shape index (κ2) is 13.5. The number of hydrogen-bond acceptors (Lipinski definition) is 6. The van der Waals surface area contributed by atoms with Gasteiger partial charge in [0.25, 0.3) is 0 Å². The summed E-state index contributed by atoms with van der Waals surface area (Å²) in [6, 6.07) is 15.1. The lowest BCUT2D eigenvalue weighted by Crippen LogP contribution is -2.47. The molecule has 0 fully saturated rings. The quantitative estimate of drug-likeness (QED) is 0.259. The summed E-state index contributed by atoms with van der Waals surface area (Å²) in [5, 5.41) is 14.9. The highest BCUT2D eigenvalue weighted by Gasteiger charge is 2.24. The summed E-state index contributed by atoms with van der Waals surface area (Å²) in [6.45, 7) is 7.84. The number of aromatic amines is 1. The van der Waals surface area contributed by atoms with Crippen molar-refractivity contribution in [2.75, 3.05) is 6.54 Å². The number of aromatic nitrogens is 2. The van der Waals surface area contributed by atoms with Crippen molar-refractivity contribution in [3.8, 4) is 0 Å². The Labute approximate surface area is 239 Å². The van der Waals surface area contributed by atoms with E-state index >= 15 is 0 Å². The van der Waals surface area contributed by atoms with Gasteiger partial charge in [-0.3, -0.25) is 4.79 Å². The molecule has 0 saturated heterocycles. The predicted octanol–water partition coefficient (Wildman–Crippen LogP) is 4.42. The van der Waals surface area contributed by atoms with E-state index in [1.807, 2.05) is 55.5 Å². The molecule has 41 heavy (non-hydrogen) atoms. The Hall–Kier alpha value is -4.86. The number of H-pyrrole nitrogens is 1. The molecule has 1 aliphatic carbocycles. The molecule has 2 aromatic carbocycles. The zero-order chi connectivity index (χ0) is 29.4. The molecular formula is C31H35N5O5. The van der Waals surface area contributed by atoms with Gasteiger partial charge >= 0.3 is 12.1 Å².